The molecule has 540 valence electrons. The fourth-order valence-electron chi connectivity index (χ4n) is 20.2. The van der Waals surface area contributed by atoms with Gasteiger partial charge in [0.2, 0.25) is 12.2 Å². The van der Waals surface area contributed by atoms with Gasteiger partial charge in [0, 0.05) is 126 Å². The van der Waals surface area contributed by atoms with Crippen molar-refractivity contribution >= 4 is 186 Å². The lowest BCUT2D eigenvalue weighted by atomic mass is 10.1. The number of benzene rings is 17. The minimum atomic E-state index is -0.752. The van der Waals surface area contributed by atoms with Crippen LogP contribution >= 0.6 is 0 Å². The Morgan fingerprint density at radius 3 is 0.905 bits per heavy atom. The smallest absolute Gasteiger partial charge is 0.213 e. The number of nitrogens with zero attached hydrogens (tertiary/aromatic N) is 10. The van der Waals surface area contributed by atoms with E-state index in [0.717, 1.165) is 165 Å². The fraction of sp³-hybridized carbons (Fsp3) is 0.00952. The number of aliphatic imine (C=N–C) groups is 2. The number of aromatic nitrogens is 8. The second kappa shape index (κ2) is 23.9. The van der Waals surface area contributed by atoms with Gasteiger partial charge in [-0.1, -0.05) is 267 Å². The van der Waals surface area contributed by atoms with Gasteiger partial charge in [0.05, 0.1) is 88.3 Å². The Hall–Kier alpha value is -15.7. The standard InChI is InChI=1S/C105H65N11/c1-6-29-64(30-7-1)103-106-104(115-91-51-26-18-43-73(91)79-55-59-83-81-57-53-77-71-41-16-24-49-89(71)111(66-33-10-3-11-34-66)95(77)97(81)113(99(83)101(79)115)67-35-12-4-13-36-67)108-105(107-103)116-92-52-27-19-44-74(92)80-56-60-84-82-58-54-78-72-42-17-25-50-90(72)112(96(78)98(82)114(100(84)102(80)116)68-37-14-5-15-38-68)70-40-28-39-69(61-70)110-88-48-23-21-46-76(88)86-62-93-85(63-94(86)110)75-45-20-22-47-87(75)109(93)65-31-8-2-9-32-65/h1-63,105H,(H,106,107,108). The van der Waals surface area contributed by atoms with Gasteiger partial charge in [-0.15, -0.1) is 0 Å². The zero-order chi connectivity index (χ0) is 75.5. The van der Waals surface area contributed by atoms with Gasteiger partial charge < -0.3 is 32.7 Å². The van der Waals surface area contributed by atoms with Crippen molar-refractivity contribution in [1.82, 2.24) is 41.9 Å². The molecule has 25 aromatic rings. The number of rotatable bonds is 8. The third-order valence-electron chi connectivity index (χ3n) is 24.8. The topological polar surface area (TPSA) is 76.2 Å². The Morgan fingerprint density at radius 1 is 0.190 bits per heavy atom. The third-order valence-corrected chi connectivity index (χ3v) is 24.8. The maximum absolute atomic E-state index is 5.92. The van der Waals surface area contributed by atoms with Crippen molar-refractivity contribution < 1.29 is 0 Å². The Labute approximate surface area is 662 Å². The molecule has 1 aliphatic heterocycles. The van der Waals surface area contributed by atoms with E-state index in [4.69, 9.17) is 9.98 Å². The average Bonchev–Trinajstić information content (AvgIpc) is 1.53. The first-order valence-electron chi connectivity index (χ1n) is 39.8. The van der Waals surface area contributed by atoms with Crippen LogP contribution in [0, 0.1) is 0 Å². The molecule has 116 heavy (non-hydrogen) atoms. The minimum absolute atomic E-state index is 0.611. The number of hydrogen-bond acceptors (Lipinski definition) is 3. The van der Waals surface area contributed by atoms with Crippen molar-refractivity contribution in [3.63, 3.8) is 0 Å². The Bertz CT molecular complexity index is 8600. The van der Waals surface area contributed by atoms with Gasteiger partial charge in [-0.3, -0.25) is 9.13 Å². The van der Waals surface area contributed by atoms with Crippen LogP contribution in [0.5, 0.6) is 0 Å². The molecular formula is C105H65N11. The molecule has 0 fully saturated rings. The maximum Gasteiger partial charge on any atom is 0.213 e. The number of para-hydroxylation sites is 10. The summed E-state index contributed by atoms with van der Waals surface area (Å²) >= 11 is 0. The Kier molecular flexibility index (Phi) is 13.0. The molecule has 0 aliphatic carbocycles. The molecule has 1 N–H and O–H groups in total. The van der Waals surface area contributed by atoms with Crippen LogP contribution in [-0.2, 0) is 0 Å². The summed E-state index contributed by atoms with van der Waals surface area (Å²) in [6.45, 7) is 0. The van der Waals surface area contributed by atoms with Crippen molar-refractivity contribution in [3.05, 3.63) is 388 Å². The predicted molar refractivity (Wildman–Crippen MR) is 483 cm³/mol. The van der Waals surface area contributed by atoms with E-state index in [1.54, 1.807) is 0 Å². The molecule has 26 rings (SSSR count). The van der Waals surface area contributed by atoms with Crippen molar-refractivity contribution in [2.45, 2.75) is 6.29 Å². The summed E-state index contributed by atoms with van der Waals surface area (Å²) in [5.41, 5.74) is 25.0. The van der Waals surface area contributed by atoms with E-state index >= 15 is 0 Å². The lowest BCUT2D eigenvalue weighted by Crippen LogP contribution is -2.40. The van der Waals surface area contributed by atoms with Crippen molar-refractivity contribution in [1.29, 1.82) is 0 Å². The van der Waals surface area contributed by atoms with Crippen LogP contribution < -0.4 is 5.32 Å². The second-order valence-corrected chi connectivity index (χ2v) is 30.8. The van der Waals surface area contributed by atoms with Crippen LogP contribution in [0.2, 0.25) is 0 Å². The molecule has 0 saturated heterocycles. The van der Waals surface area contributed by atoms with E-state index in [9.17, 15) is 0 Å². The second-order valence-electron chi connectivity index (χ2n) is 30.8. The highest BCUT2D eigenvalue weighted by molar-refractivity contribution is 6.32. The van der Waals surface area contributed by atoms with Gasteiger partial charge >= 0.3 is 0 Å². The molecule has 1 atom stereocenters. The molecular weight excluding hydrogens is 1420 g/mol. The largest absolute Gasteiger partial charge is 0.316 e. The molecule has 11 nitrogen and oxygen atoms in total. The van der Waals surface area contributed by atoms with Gasteiger partial charge in [0.1, 0.15) is 0 Å². The van der Waals surface area contributed by atoms with E-state index in [0.29, 0.717) is 11.8 Å². The number of fused-ring (bicyclic) bond motifs is 28. The van der Waals surface area contributed by atoms with Crippen molar-refractivity contribution in [2.24, 2.45) is 9.98 Å². The molecule has 8 aromatic heterocycles. The van der Waals surface area contributed by atoms with Gasteiger partial charge in [-0.25, -0.2) is 4.99 Å². The molecule has 0 saturated carbocycles. The molecule has 1 aliphatic rings. The summed E-state index contributed by atoms with van der Waals surface area (Å²) in [6, 6.07) is 140. The average molecular weight is 1480 g/mol. The van der Waals surface area contributed by atoms with Gasteiger partial charge in [0.25, 0.3) is 0 Å². The zero-order valence-corrected chi connectivity index (χ0v) is 62.4. The first-order valence-corrected chi connectivity index (χ1v) is 39.8. The van der Waals surface area contributed by atoms with Crippen LogP contribution in [0.25, 0.3) is 209 Å². The lowest BCUT2D eigenvalue weighted by Gasteiger charge is -2.27. The van der Waals surface area contributed by atoms with E-state index < -0.39 is 6.29 Å². The van der Waals surface area contributed by atoms with Crippen molar-refractivity contribution in [2.75, 3.05) is 0 Å². The summed E-state index contributed by atoms with van der Waals surface area (Å²) in [7, 11) is 0. The molecule has 1 unspecified atom stereocenters. The molecule has 0 bridgehead atoms. The van der Waals surface area contributed by atoms with E-state index in [-0.39, 0.29) is 0 Å². The van der Waals surface area contributed by atoms with Gasteiger partial charge in [-0.2, -0.15) is 4.99 Å². The number of nitrogens with one attached hydrogen (secondary N) is 1. The highest BCUT2D eigenvalue weighted by Gasteiger charge is 2.33. The molecule has 11 heteroatoms. The molecule has 0 spiro atoms. The predicted octanol–water partition coefficient (Wildman–Crippen LogP) is 25.9. The monoisotopic (exact) mass is 1480 g/mol. The summed E-state index contributed by atoms with van der Waals surface area (Å²) in [5, 5.41) is 22.7. The SMILES string of the molecule is c1ccc(C2=NC(n3c4ccccc4c4ccc5c6ccc7c8ccccc8n(-c8cccc(-n9c%10ccccc%10c%10cc%11c(cc%109)c9ccccc9n%11-c9ccccc9)c8)c7c6n(-c6ccccc6)c5c43)NC(n3c4ccccc4c4ccc5c6ccc7c8ccccc8n(-c8ccccc8)c7c6n(-c6ccccc6)c5c43)=N2)cc1. The summed E-state index contributed by atoms with van der Waals surface area (Å²) in [6.07, 6.45) is -0.752. The highest BCUT2D eigenvalue weighted by Crippen LogP contribution is 2.50. The Morgan fingerprint density at radius 2 is 0.466 bits per heavy atom. The Balaban J connectivity index is 0.731. The summed E-state index contributed by atoms with van der Waals surface area (Å²) < 4.78 is 19.9. The maximum atomic E-state index is 5.92. The van der Waals surface area contributed by atoms with Crippen LogP contribution in [0.15, 0.2) is 392 Å². The van der Waals surface area contributed by atoms with Crippen LogP contribution in [0.4, 0.5) is 0 Å². The zero-order valence-electron chi connectivity index (χ0n) is 62.4. The normalized spacial score (nSPS) is 13.6. The molecule has 0 radical (unpaired) electrons. The van der Waals surface area contributed by atoms with E-state index in [2.05, 4.69) is 424 Å². The summed E-state index contributed by atoms with van der Waals surface area (Å²) in [5.74, 6) is 1.26. The quantitative estimate of drug-likeness (QED) is 0.162. The van der Waals surface area contributed by atoms with Gasteiger partial charge in [0.15, 0.2) is 5.84 Å². The van der Waals surface area contributed by atoms with E-state index in [1.165, 1.54) is 48.7 Å². The molecule has 9 heterocycles. The lowest BCUT2D eigenvalue weighted by molar-refractivity contribution is 0.510. The fourth-order valence-corrected chi connectivity index (χ4v) is 20.2. The minimum Gasteiger partial charge on any atom is -0.316 e. The number of hydrogen-bond donors (Lipinski definition) is 1. The first-order chi connectivity index (χ1) is 57.6. The first kappa shape index (κ1) is 63.0. The van der Waals surface area contributed by atoms with Crippen molar-refractivity contribution in [3.8, 4) is 34.1 Å². The van der Waals surface area contributed by atoms with Gasteiger partial charge in [-0.05, 0) is 115 Å². The molecule has 0 amide bonds. The van der Waals surface area contributed by atoms with Crippen LogP contribution in [-0.4, -0.2) is 48.3 Å². The summed E-state index contributed by atoms with van der Waals surface area (Å²) in [4.78, 5) is 11.8. The van der Waals surface area contributed by atoms with Crippen LogP contribution in [0.3, 0.4) is 0 Å². The third kappa shape index (κ3) is 8.63. The highest BCUT2D eigenvalue weighted by atomic mass is 15.4. The number of amidine groups is 1. The van der Waals surface area contributed by atoms with Crippen LogP contribution in [0.1, 0.15) is 11.9 Å². The molecule has 17 aromatic carbocycles. The van der Waals surface area contributed by atoms with E-state index in [1.807, 2.05) is 0 Å².